The van der Waals surface area contributed by atoms with Crippen LogP contribution in [-0.2, 0) is 11.3 Å². The summed E-state index contributed by atoms with van der Waals surface area (Å²) in [4.78, 5) is 17.0. The molecule has 158 valence electrons. The third kappa shape index (κ3) is 4.66. The van der Waals surface area contributed by atoms with Gasteiger partial charge in [-0.3, -0.25) is 4.79 Å². The zero-order valence-corrected chi connectivity index (χ0v) is 17.4. The highest BCUT2D eigenvalue weighted by molar-refractivity contribution is 5.89. The van der Waals surface area contributed by atoms with Gasteiger partial charge in [-0.15, -0.1) is 0 Å². The molecular weight excluding hydrogens is 394 g/mol. The van der Waals surface area contributed by atoms with Crippen LogP contribution in [0.2, 0.25) is 0 Å². The molecule has 1 aromatic heterocycles. The van der Waals surface area contributed by atoms with E-state index < -0.39 is 6.10 Å². The molecule has 4 rings (SSSR count). The Balaban J connectivity index is 1.39. The van der Waals surface area contributed by atoms with Gasteiger partial charge in [0.05, 0.1) is 13.7 Å². The van der Waals surface area contributed by atoms with Crippen LogP contribution in [0.25, 0.3) is 22.2 Å². The Bertz CT molecular complexity index is 1170. The lowest BCUT2D eigenvalue weighted by Crippen LogP contribution is -2.37. The molecule has 0 spiro atoms. The van der Waals surface area contributed by atoms with Crippen LogP contribution in [0.1, 0.15) is 19.2 Å². The number of carbonyl (C=O) groups excluding carboxylic acids is 1. The van der Waals surface area contributed by atoms with E-state index in [0.29, 0.717) is 23.9 Å². The van der Waals surface area contributed by atoms with Gasteiger partial charge in [-0.1, -0.05) is 48.5 Å². The van der Waals surface area contributed by atoms with E-state index in [9.17, 15) is 4.79 Å². The summed E-state index contributed by atoms with van der Waals surface area (Å²) in [5.74, 6) is 1.96. The van der Waals surface area contributed by atoms with Crippen LogP contribution in [0, 0.1) is 0 Å². The number of ether oxygens (including phenoxy) is 2. The first-order chi connectivity index (χ1) is 15.2. The monoisotopic (exact) mass is 417 g/mol. The fourth-order valence-electron chi connectivity index (χ4n) is 3.23. The first-order valence-electron chi connectivity index (χ1n) is 10.1. The lowest BCUT2D eigenvalue weighted by Gasteiger charge is -2.18. The molecule has 0 radical (unpaired) electrons. The normalized spacial score (nSPS) is 11.8. The molecule has 7 nitrogen and oxygen atoms in total. The lowest BCUT2D eigenvalue weighted by molar-refractivity contribution is -0.128. The number of methoxy groups -OCH3 is 1. The molecule has 1 atom stereocenters. The van der Waals surface area contributed by atoms with Crippen molar-refractivity contribution in [3.63, 3.8) is 0 Å². The Morgan fingerprint density at radius 2 is 1.84 bits per heavy atom. The van der Waals surface area contributed by atoms with Gasteiger partial charge in [0.25, 0.3) is 5.91 Å². The van der Waals surface area contributed by atoms with Crippen molar-refractivity contribution in [3.8, 4) is 22.9 Å². The summed E-state index contributed by atoms with van der Waals surface area (Å²) >= 11 is 0. The van der Waals surface area contributed by atoms with E-state index in [2.05, 4.69) is 15.5 Å². The largest absolute Gasteiger partial charge is 0.497 e. The summed E-state index contributed by atoms with van der Waals surface area (Å²) in [6.45, 7) is 2.03. The van der Waals surface area contributed by atoms with Crippen molar-refractivity contribution in [2.75, 3.05) is 7.11 Å². The average molecular weight is 417 g/mol. The third-order valence-electron chi connectivity index (χ3n) is 4.91. The van der Waals surface area contributed by atoms with Crippen LogP contribution in [0.5, 0.6) is 11.5 Å². The molecule has 7 heteroatoms. The minimum absolute atomic E-state index is 0.122. The smallest absolute Gasteiger partial charge is 0.261 e. The van der Waals surface area contributed by atoms with Crippen molar-refractivity contribution in [3.05, 3.63) is 72.6 Å². The number of amides is 1. The van der Waals surface area contributed by atoms with Gasteiger partial charge in [-0.25, -0.2) is 0 Å². The van der Waals surface area contributed by atoms with Crippen molar-refractivity contribution < 1.29 is 18.8 Å². The Morgan fingerprint density at radius 3 is 2.61 bits per heavy atom. The Labute approximate surface area is 180 Å². The highest BCUT2D eigenvalue weighted by atomic mass is 16.5. The fraction of sp³-hybridized carbons (Fsp3) is 0.208. The number of hydrogen-bond acceptors (Lipinski definition) is 6. The number of benzene rings is 3. The van der Waals surface area contributed by atoms with Gasteiger partial charge in [0.1, 0.15) is 11.5 Å². The second-order valence-corrected chi connectivity index (χ2v) is 6.95. The molecule has 1 heterocycles. The molecule has 0 fully saturated rings. The number of rotatable bonds is 8. The van der Waals surface area contributed by atoms with Crippen molar-refractivity contribution in [2.45, 2.75) is 26.0 Å². The molecule has 0 saturated carbocycles. The molecule has 3 aromatic carbocycles. The van der Waals surface area contributed by atoms with Gasteiger partial charge in [0.2, 0.25) is 11.7 Å². The van der Waals surface area contributed by atoms with Gasteiger partial charge in [0, 0.05) is 10.9 Å². The predicted molar refractivity (Wildman–Crippen MR) is 117 cm³/mol. The van der Waals surface area contributed by atoms with Crippen LogP contribution in [0.3, 0.4) is 0 Å². The first kappa shape index (κ1) is 20.4. The summed E-state index contributed by atoms with van der Waals surface area (Å²) in [6.07, 6.45) is -0.106. The number of carbonyl (C=O) groups is 1. The van der Waals surface area contributed by atoms with Crippen molar-refractivity contribution >= 4 is 16.7 Å². The maximum absolute atomic E-state index is 12.7. The molecular formula is C24H23N3O4. The maximum Gasteiger partial charge on any atom is 0.261 e. The summed E-state index contributed by atoms with van der Waals surface area (Å²) in [5.41, 5.74) is 0.799. The van der Waals surface area contributed by atoms with Gasteiger partial charge in [0.15, 0.2) is 6.10 Å². The van der Waals surface area contributed by atoms with E-state index >= 15 is 0 Å². The maximum atomic E-state index is 12.7. The third-order valence-corrected chi connectivity index (χ3v) is 4.91. The molecule has 0 unspecified atom stereocenters. The van der Waals surface area contributed by atoms with Crippen molar-refractivity contribution in [1.82, 2.24) is 15.5 Å². The molecule has 0 bridgehead atoms. The molecule has 31 heavy (non-hydrogen) atoms. The second kappa shape index (κ2) is 9.30. The lowest BCUT2D eigenvalue weighted by atomic mass is 10.1. The van der Waals surface area contributed by atoms with Crippen LogP contribution >= 0.6 is 0 Å². The summed E-state index contributed by atoms with van der Waals surface area (Å²) in [7, 11) is 1.61. The molecule has 1 amide bonds. The Kier molecular flexibility index (Phi) is 6.12. The standard InChI is InChI=1S/C24H23N3O4/c1-3-20(30-21-10-6-8-16-7-4-5-9-19(16)21)24(28)25-15-22-26-23(27-31-22)17-11-13-18(29-2)14-12-17/h4-14,20H,3,15H2,1-2H3,(H,25,28)/t20-/m0/s1. The molecule has 0 aliphatic heterocycles. The molecule has 0 aliphatic rings. The number of hydrogen-bond donors (Lipinski definition) is 1. The summed E-state index contributed by atoms with van der Waals surface area (Å²) in [6, 6.07) is 21.1. The quantitative estimate of drug-likeness (QED) is 0.458. The zero-order chi connectivity index (χ0) is 21.6. The van der Waals surface area contributed by atoms with E-state index in [1.807, 2.05) is 73.7 Å². The van der Waals surface area contributed by atoms with Gasteiger partial charge in [-0.05, 0) is 42.1 Å². The highest BCUT2D eigenvalue weighted by Crippen LogP contribution is 2.26. The Morgan fingerprint density at radius 1 is 1.06 bits per heavy atom. The van der Waals surface area contributed by atoms with Gasteiger partial charge < -0.3 is 19.3 Å². The predicted octanol–water partition coefficient (Wildman–Crippen LogP) is 4.37. The van der Waals surface area contributed by atoms with E-state index in [-0.39, 0.29) is 12.5 Å². The second-order valence-electron chi connectivity index (χ2n) is 6.95. The number of nitrogens with zero attached hydrogens (tertiary/aromatic N) is 2. The number of fused-ring (bicyclic) bond motifs is 1. The SMILES string of the molecule is CC[C@H](Oc1cccc2ccccc12)C(=O)NCc1nc(-c2ccc(OC)cc2)no1. The molecule has 1 N–H and O–H groups in total. The summed E-state index contributed by atoms with van der Waals surface area (Å²) < 4.78 is 16.5. The fourth-order valence-corrected chi connectivity index (χ4v) is 3.23. The zero-order valence-electron chi connectivity index (χ0n) is 17.4. The van der Waals surface area contributed by atoms with Crippen molar-refractivity contribution in [2.24, 2.45) is 0 Å². The van der Waals surface area contributed by atoms with E-state index in [1.165, 1.54) is 0 Å². The van der Waals surface area contributed by atoms with Crippen LogP contribution in [-0.4, -0.2) is 29.3 Å². The topological polar surface area (TPSA) is 86.5 Å². The molecule has 0 aliphatic carbocycles. The van der Waals surface area contributed by atoms with Crippen LogP contribution < -0.4 is 14.8 Å². The summed E-state index contributed by atoms with van der Waals surface area (Å²) in [5, 5.41) is 8.83. The van der Waals surface area contributed by atoms with Crippen molar-refractivity contribution in [1.29, 1.82) is 0 Å². The van der Waals surface area contributed by atoms with E-state index in [0.717, 1.165) is 22.1 Å². The highest BCUT2D eigenvalue weighted by Gasteiger charge is 2.20. The molecule has 0 saturated heterocycles. The van der Waals surface area contributed by atoms with Gasteiger partial charge >= 0.3 is 0 Å². The van der Waals surface area contributed by atoms with E-state index in [4.69, 9.17) is 14.0 Å². The van der Waals surface area contributed by atoms with Crippen LogP contribution in [0.15, 0.2) is 71.3 Å². The Hall–Kier alpha value is -3.87. The average Bonchev–Trinajstić information content (AvgIpc) is 3.30. The minimum Gasteiger partial charge on any atom is -0.497 e. The van der Waals surface area contributed by atoms with Gasteiger partial charge in [-0.2, -0.15) is 4.98 Å². The number of nitrogens with one attached hydrogen (secondary N) is 1. The van der Waals surface area contributed by atoms with Crippen LogP contribution in [0.4, 0.5) is 0 Å². The number of aromatic nitrogens is 2. The molecule has 4 aromatic rings. The van der Waals surface area contributed by atoms with E-state index in [1.54, 1.807) is 7.11 Å². The first-order valence-corrected chi connectivity index (χ1v) is 10.1. The minimum atomic E-state index is -0.630.